The summed E-state index contributed by atoms with van der Waals surface area (Å²) in [6, 6.07) is 3.23. The summed E-state index contributed by atoms with van der Waals surface area (Å²) in [5.41, 5.74) is 5.59. The van der Waals surface area contributed by atoms with Crippen molar-refractivity contribution in [2.75, 3.05) is 6.54 Å². The van der Waals surface area contributed by atoms with E-state index in [1.54, 1.807) is 25.3 Å². The lowest BCUT2D eigenvalue weighted by Gasteiger charge is -2.19. The quantitative estimate of drug-likeness (QED) is 0.271. The highest BCUT2D eigenvalue weighted by Crippen LogP contribution is 2.11. The fraction of sp³-hybridized carbons (Fsp3) is 0.500. The van der Waals surface area contributed by atoms with E-state index in [0.717, 1.165) is 19.3 Å². The summed E-state index contributed by atoms with van der Waals surface area (Å²) < 4.78 is 0. The fourth-order valence-corrected chi connectivity index (χ4v) is 2.23. The first-order valence-electron chi connectivity index (χ1n) is 7.92. The van der Waals surface area contributed by atoms with Gasteiger partial charge in [-0.1, -0.05) is 26.2 Å². The van der Waals surface area contributed by atoms with E-state index >= 15 is 0 Å². The Morgan fingerprint density at radius 2 is 2.12 bits per heavy atom. The monoisotopic (exact) mass is 336 g/mol. The minimum atomic E-state index is -0.609. The Hall–Kier alpha value is -2.48. The van der Waals surface area contributed by atoms with E-state index < -0.39 is 17.7 Å². The van der Waals surface area contributed by atoms with Crippen LogP contribution in [0, 0.1) is 12.8 Å². The molecule has 0 aliphatic rings. The summed E-state index contributed by atoms with van der Waals surface area (Å²) in [6.07, 6.45) is 5.05. The second kappa shape index (κ2) is 10.3. The minimum Gasteiger partial charge on any atom is -0.286 e. The van der Waals surface area contributed by atoms with Crippen LogP contribution in [0.25, 0.3) is 0 Å². The number of nitrogens with one attached hydrogen (secondary N) is 2. The third kappa shape index (κ3) is 6.33. The van der Waals surface area contributed by atoms with Gasteiger partial charge in [0, 0.05) is 6.20 Å². The largest absolute Gasteiger partial charge is 0.286 e. The van der Waals surface area contributed by atoms with Gasteiger partial charge >= 0.3 is 0 Å². The van der Waals surface area contributed by atoms with Crippen molar-refractivity contribution in [1.82, 2.24) is 20.9 Å². The molecule has 1 heterocycles. The molecule has 1 atom stereocenters. The Bertz CT molecular complexity index is 565. The molecule has 0 fully saturated rings. The van der Waals surface area contributed by atoms with E-state index in [4.69, 9.17) is 0 Å². The molecular formula is C16H24N4O4. The summed E-state index contributed by atoms with van der Waals surface area (Å²) in [5.74, 6) is -1.54. The van der Waals surface area contributed by atoms with Crippen LogP contribution < -0.4 is 10.9 Å². The summed E-state index contributed by atoms with van der Waals surface area (Å²) in [7, 11) is 0. The lowest BCUT2D eigenvalue weighted by atomic mass is 10.0. The molecule has 0 spiro atoms. The first-order chi connectivity index (χ1) is 11.5. The molecule has 0 saturated heterocycles. The van der Waals surface area contributed by atoms with Crippen LogP contribution in [0.5, 0.6) is 0 Å². The van der Waals surface area contributed by atoms with E-state index in [2.05, 4.69) is 15.8 Å². The maximum atomic E-state index is 12.2. The number of hydroxylamine groups is 2. The smallest absolute Gasteiger partial charge is 0.271 e. The SMILES string of the molecule is CCCCC[C@H](CN(O)C=O)C(=O)NNC(=O)c1cccnc1C. The molecule has 0 bridgehead atoms. The van der Waals surface area contributed by atoms with Gasteiger partial charge in [0.15, 0.2) is 0 Å². The van der Waals surface area contributed by atoms with E-state index in [1.807, 2.05) is 6.92 Å². The average Bonchev–Trinajstić information content (AvgIpc) is 2.58. The molecule has 0 unspecified atom stereocenters. The van der Waals surface area contributed by atoms with Crippen molar-refractivity contribution >= 4 is 18.2 Å². The molecule has 132 valence electrons. The molecule has 0 aliphatic carbocycles. The fourth-order valence-electron chi connectivity index (χ4n) is 2.23. The molecular weight excluding hydrogens is 312 g/mol. The van der Waals surface area contributed by atoms with Gasteiger partial charge in [0.05, 0.1) is 23.7 Å². The number of nitrogens with zero attached hydrogens (tertiary/aromatic N) is 2. The van der Waals surface area contributed by atoms with E-state index in [0.29, 0.717) is 22.7 Å². The van der Waals surface area contributed by atoms with Gasteiger partial charge in [-0.25, -0.2) is 5.06 Å². The van der Waals surface area contributed by atoms with Crippen LogP contribution in [0.15, 0.2) is 18.3 Å². The number of hydrogen-bond donors (Lipinski definition) is 3. The van der Waals surface area contributed by atoms with Gasteiger partial charge in [-0.2, -0.15) is 0 Å². The van der Waals surface area contributed by atoms with E-state index in [1.165, 1.54) is 0 Å². The Balaban J connectivity index is 2.61. The van der Waals surface area contributed by atoms with E-state index in [9.17, 15) is 19.6 Å². The second-order valence-electron chi connectivity index (χ2n) is 5.50. The van der Waals surface area contributed by atoms with Crippen LogP contribution in [-0.2, 0) is 9.59 Å². The number of carbonyl (C=O) groups excluding carboxylic acids is 3. The number of aromatic nitrogens is 1. The van der Waals surface area contributed by atoms with Gasteiger partial charge < -0.3 is 0 Å². The van der Waals surface area contributed by atoms with Crippen molar-refractivity contribution in [3.8, 4) is 0 Å². The number of hydrogen-bond acceptors (Lipinski definition) is 5. The van der Waals surface area contributed by atoms with Crippen molar-refractivity contribution in [2.24, 2.45) is 5.92 Å². The van der Waals surface area contributed by atoms with Gasteiger partial charge in [0.25, 0.3) is 5.91 Å². The standard InChI is InChI=1S/C16H24N4O4/c1-3-4-5-7-13(10-20(24)11-21)15(22)18-19-16(23)14-8-6-9-17-12(14)2/h6,8-9,11,13,24H,3-5,7,10H2,1-2H3,(H,18,22)(H,19,23)/t13-/m1/s1. The molecule has 8 heteroatoms. The van der Waals surface area contributed by atoms with Crippen LogP contribution in [-0.4, -0.2) is 40.0 Å². The normalized spacial score (nSPS) is 11.5. The highest BCUT2D eigenvalue weighted by molar-refractivity contribution is 5.96. The Labute approximate surface area is 141 Å². The molecule has 0 saturated carbocycles. The molecule has 1 rings (SSSR count). The molecule has 0 aromatic carbocycles. The van der Waals surface area contributed by atoms with Crippen LogP contribution in [0.4, 0.5) is 0 Å². The minimum absolute atomic E-state index is 0.124. The lowest BCUT2D eigenvalue weighted by Crippen LogP contribution is -2.47. The third-order valence-electron chi connectivity index (χ3n) is 3.61. The predicted molar refractivity (Wildman–Crippen MR) is 86.8 cm³/mol. The summed E-state index contributed by atoms with van der Waals surface area (Å²) in [4.78, 5) is 38.8. The van der Waals surface area contributed by atoms with Crippen LogP contribution in [0.2, 0.25) is 0 Å². The summed E-state index contributed by atoms with van der Waals surface area (Å²) >= 11 is 0. The average molecular weight is 336 g/mol. The topological polar surface area (TPSA) is 112 Å². The molecule has 0 aliphatic heterocycles. The Kier molecular flexibility index (Phi) is 8.42. The third-order valence-corrected chi connectivity index (χ3v) is 3.61. The summed E-state index contributed by atoms with van der Waals surface area (Å²) in [6.45, 7) is 3.61. The second-order valence-corrected chi connectivity index (χ2v) is 5.50. The first kappa shape index (κ1) is 19.6. The Morgan fingerprint density at radius 1 is 1.38 bits per heavy atom. The maximum absolute atomic E-state index is 12.2. The van der Waals surface area contributed by atoms with Crippen LogP contribution >= 0.6 is 0 Å². The number of rotatable bonds is 9. The number of hydrazine groups is 1. The van der Waals surface area contributed by atoms with Gasteiger partial charge in [0.2, 0.25) is 12.3 Å². The number of carbonyl (C=O) groups is 3. The summed E-state index contributed by atoms with van der Waals surface area (Å²) in [5, 5.41) is 9.75. The zero-order valence-electron chi connectivity index (χ0n) is 14.0. The van der Waals surface area contributed by atoms with Gasteiger partial charge in [-0.3, -0.25) is 35.4 Å². The zero-order chi connectivity index (χ0) is 17.9. The van der Waals surface area contributed by atoms with Gasteiger partial charge in [-0.05, 0) is 25.5 Å². The number of unbranched alkanes of at least 4 members (excludes halogenated alkanes) is 2. The van der Waals surface area contributed by atoms with Gasteiger partial charge in [-0.15, -0.1) is 0 Å². The molecule has 3 amide bonds. The molecule has 1 aromatic heterocycles. The predicted octanol–water partition coefficient (Wildman–Crippen LogP) is 1.20. The van der Waals surface area contributed by atoms with Gasteiger partial charge in [0.1, 0.15) is 0 Å². The molecule has 8 nitrogen and oxygen atoms in total. The first-order valence-corrected chi connectivity index (χ1v) is 7.92. The highest BCUT2D eigenvalue weighted by Gasteiger charge is 2.21. The number of pyridine rings is 1. The molecule has 0 radical (unpaired) electrons. The lowest BCUT2D eigenvalue weighted by molar-refractivity contribution is -0.154. The van der Waals surface area contributed by atoms with Crippen LogP contribution in [0.1, 0.15) is 48.7 Å². The highest BCUT2D eigenvalue weighted by atomic mass is 16.5. The molecule has 24 heavy (non-hydrogen) atoms. The van der Waals surface area contributed by atoms with Crippen molar-refractivity contribution in [3.05, 3.63) is 29.6 Å². The zero-order valence-corrected chi connectivity index (χ0v) is 14.0. The van der Waals surface area contributed by atoms with Crippen molar-refractivity contribution in [1.29, 1.82) is 0 Å². The van der Waals surface area contributed by atoms with Crippen molar-refractivity contribution < 1.29 is 19.6 Å². The van der Waals surface area contributed by atoms with Crippen molar-refractivity contribution in [2.45, 2.75) is 39.5 Å². The number of amides is 3. The van der Waals surface area contributed by atoms with Crippen LogP contribution in [0.3, 0.4) is 0 Å². The van der Waals surface area contributed by atoms with Crippen molar-refractivity contribution in [3.63, 3.8) is 0 Å². The molecule has 1 aromatic rings. The maximum Gasteiger partial charge on any atom is 0.271 e. The molecule has 3 N–H and O–H groups in total. The Morgan fingerprint density at radius 3 is 2.75 bits per heavy atom. The number of aryl methyl sites for hydroxylation is 1. The van der Waals surface area contributed by atoms with E-state index in [-0.39, 0.29) is 13.0 Å².